The topological polar surface area (TPSA) is 61.4 Å². The molecular weight excluding hydrogens is 204 g/mol. The van der Waals surface area contributed by atoms with Crippen LogP contribution in [0.2, 0.25) is 0 Å². The maximum atomic E-state index is 11.2. The molecule has 1 rings (SSSR count). The third-order valence-electron chi connectivity index (χ3n) is 2.12. The van der Waals surface area contributed by atoms with Gasteiger partial charge in [0.2, 0.25) is 5.91 Å². The van der Waals surface area contributed by atoms with Gasteiger partial charge < -0.3 is 15.7 Å². The summed E-state index contributed by atoms with van der Waals surface area (Å²) in [6.45, 7) is 3.69. The zero-order chi connectivity index (χ0) is 11.8. The van der Waals surface area contributed by atoms with E-state index in [1.807, 2.05) is 19.1 Å². The third-order valence-corrected chi connectivity index (χ3v) is 2.12. The lowest BCUT2D eigenvalue weighted by Crippen LogP contribution is -2.33. The molecule has 0 radical (unpaired) electrons. The zero-order valence-electron chi connectivity index (χ0n) is 9.49. The molecule has 0 unspecified atom stereocenters. The van der Waals surface area contributed by atoms with Crippen molar-refractivity contribution < 1.29 is 9.90 Å². The molecule has 1 amide bonds. The number of carbonyl (C=O) groups is 1. The molecule has 0 spiro atoms. The number of benzene rings is 1. The number of carbonyl (C=O) groups excluding carboxylic acids is 1. The van der Waals surface area contributed by atoms with E-state index in [-0.39, 0.29) is 11.7 Å². The van der Waals surface area contributed by atoms with Gasteiger partial charge in [-0.1, -0.05) is 19.1 Å². The molecule has 4 nitrogen and oxygen atoms in total. The Morgan fingerprint density at radius 1 is 1.31 bits per heavy atom. The smallest absolute Gasteiger partial charge is 0.233 e. The Hall–Kier alpha value is -1.55. The summed E-state index contributed by atoms with van der Waals surface area (Å²) in [5, 5.41) is 14.9. The van der Waals surface area contributed by atoms with Gasteiger partial charge in [0, 0.05) is 13.1 Å². The molecule has 4 heteroatoms. The number of aromatic hydroxyl groups is 1. The van der Waals surface area contributed by atoms with Crippen LogP contribution in [0.25, 0.3) is 0 Å². The summed E-state index contributed by atoms with van der Waals surface area (Å²) in [5.74, 6) is 0.269. The fourth-order valence-corrected chi connectivity index (χ4v) is 1.26. The highest BCUT2D eigenvalue weighted by molar-refractivity contribution is 5.77. The molecule has 88 valence electrons. The molecule has 0 saturated heterocycles. The van der Waals surface area contributed by atoms with E-state index < -0.39 is 0 Å². The van der Waals surface area contributed by atoms with Gasteiger partial charge in [0.25, 0.3) is 0 Å². The van der Waals surface area contributed by atoms with Gasteiger partial charge in [0.15, 0.2) is 0 Å². The van der Waals surface area contributed by atoms with Crippen molar-refractivity contribution in [2.24, 2.45) is 0 Å². The molecule has 0 bridgehead atoms. The van der Waals surface area contributed by atoms with Crippen molar-refractivity contribution in [1.29, 1.82) is 0 Å². The van der Waals surface area contributed by atoms with Crippen molar-refractivity contribution in [1.82, 2.24) is 10.6 Å². The Kier molecular flexibility index (Phi) is 5.36. The van der Waals surface area contributed by atoms with Crippen LogP contribution in [0, 0.1) is 0 Å². The lowest BCUT2D eigenvalue weighted by Gasteiger charge is -2.05. The minimum Gasteiger partial charge on any atom is -0.508 e. The van der Waals surface area contributed by atoms with E-state index in [0.717, 1.165) is 18.5 Å². The first kappa shape index (κ1) is 12.5. The fraction of sp³-hybridized carbons (Fsp3) is 0.417. The monoisotopic (exact) mass is 222 g/mol. The van der Waals surface area contributed by atoms with Crippen LogP contribution in [0.4, 0.5) is 0 Å². The largest absolute Gasteiger partial charge is 0.508 e. The number of phenols is 1. The average Bonchev–Trinajstić information content (AvgIpc) is 2.29. The molecule has 0 aliphatic carbocycles. The van der Waals surface area contributed by atoms with E-state index in [4.69, 9.17) is 5.11 Å². The summed E-state index contributed by atoms with van der Waals surface area (Å²) >= 11 is 0. The number of nitrogens with one attached hydrogen (secondary N) is 2. The summed E-state index contributed by atoms with van der Waals surface area (Å²) < 4.78 is 0. The minimum atomic E-state index is 0.0145. The van der Waals surface area contributed by atoms with E-state index in [2.05, 4.69) is 10.6 Å². The highest BCUT2D eigenvalue weighted by Gasteiger charge is 1.99. The van der Waals surface area contributed by atoms with E-state index >= 15 is 0 Å². The van der Waals surface area contributed by atoms with Crippen LogP contribution in [-0.2, 0) is 11.3 Å². The van der Waals surface area contributed by atoms with Gasteiger partial charge >= 0.3 is 0 Å². The highest BCUT2D eigenvalue weighted by atomic mass is 16.3. The molecule has 0 fully saturated rings. The Balaban J connectivity index is 2.20. The predicted octanol–water partition coefficient (Wildman–Crippen LogP) is 1.01. The molecule has 0 heterocycles. The average molecular weight is 222 g/mol. The normalized spacial score (nSPS) is 10.1. The summed E-state index contributed by atoms with van der Waals surface area (Å²) in [7, 11) is 0. The number of hydrogen-bond donors (Lipinski definition) is 3. The molecule has 3 N–H and O–H groups in total. The lowest BCUT2D eigenvalue weighted by molar-refractivity contribution is -0.120. The van der Waals surface area contributed by atoms with E-state index in [1.54, 1.807) is 12.1 Å². The maximum absolute atomic E-state index is 11.2. The second-order valence-corrected chi connectivity index (χ2v) is 3.62. The number of phenolic OH excluding ortho intramolecular Hbond substituents is 1. The first-order valence-electron chi connectivity index (χ1n) is 5.47. The van der Waals surface area contributed by atoms with Gasteiger partial charge in [-0.15, -0.1) is 0 Å². The van der Waals surface area contributed by atoms with Crippen LogP contribution in [0.5, 0.6) is 5.75 Å². The second-order valence-electron chi connectivity index (χ2n) is 3.62. The van der Waals surface area contributed by atoms with Crippen molar-refractivity contribution >= 4 is 5.91 Å². The van der Waals surface area contributed by atoms with Crippen LogP contribution in [0.3, 0.4) is 0 Å². The first-order valence-corrected chi connectivity index (χ1v) is 5.47. The Morgan fingerprint density at radius 3 is 2.62 bits per heavy atom. The van der Waals surface area contributed by atoms with Crippen LogP contribution in [-0.4, -0.2) is 24.1 Å². The van der Waals surface area contributed by atoms with Crippen molar-refractivity contribution in [3.8, 4) is 5.75 Å². The summed E-state index contributed by atoms with van der Waals surface area (Å²) in [6, 6.07) is 6.92. The van der Waals surface area contributed by atoms with Gasteiger partial charge in [-0.25, -0.2) is 0 Å². The summed E-state index contributed by atoms with van der Waals surface area (Å²) in [4.78, 5) is 11.2. The SMILES string of the molecule is CCCNC(=O)CNCc1ccc(O)cc1. The van der Waals surface area contributed by atoms with Gasteiger partial charge in [-0.3, -0.25) is 4.79 Å². The Labute approximate surface area is 95.7 Å². The summed E-state index contributed by atoms with van der Waals surface area (Å²) in [5.41, 5.74) is 1.04. The van der Waals surface area contributed by atoms with Gasteiger partial charge in [0.05, 0.1) is 6.54 Å². The molecule has 0 atom stereocenters. The molecule has 16 heavy (non-hydrogen) atoms. The van der Waals surface area contributed by atoms with Crippen LogP contribution >= 0.6 is 0 Å². The second kappa shape index (κ2) is 6.85. The maximum Gasteiger partial charge on any atom is 0.233 e. The van der Waals surface area contributed by atoms with Crippen molar-refractivity contribution in [3.05, 3.63) is 29.8 Å². The fourth-order valence-electron chi connectivity index (χ4n) is 1.26. The van der Waals surface area contributed by atoms with Crippen molar-refractivity contribution in [2.75, 3.05) is 13.1 Å². The van der Waals surface area contributed by atoms with Gasteiger partial charge in [-0.05, 0) is 24.1 Å². The lowest BCUT2D eigenvalue weighted by atomic mass is 10.2. The Bertz CT molecular complexity index is 322. The number of amides is 1. The van der Waals surface area contributed by atoms with Crippen LogP contribution in [0.15, 0.2) is 24.3 Å². The van der Waals surface area contributed by atoms with Crippen molar-refractivity contribution in [3.63, 3.8) is 0 Å². The van der Waals surface area contributed by atoms with Crippen LogP contribution < -0.4 is 10.6 Å². The molecule has 1 aromatic carbocycles. The van der Waals surface area contributed by atoms with E-state index in [9.17, 15) is 4.79 Å². The van der Waals surface area contributed by atoms with E-state index in [0.29, 0.717) is 13.1 Å². The minimum absolute atomic E-state index is 0.0145. The molecular formula is C12H18N2O2. The number of hydrogen-bond acceptors (Lipinski definition) is 3. The zero-order valence-corrected chi connectivity index (χ0v) is 9.49. The predicted molar refractivity (Wildman–Crippen MR) is 63.1 cm³/mol. The van der Waals surface area contributed by atoms with Crippen molar-refractivity contribution in [2.45, 2.75) is 19.9 Å². The van der Waals surface area contributed by atoms with Gasteiger partial charge in [0.1, 0.15) is 5.75 Å². The molecule has 0 aliphatic rings. The van der Waals surface area contributed by atoms with Crippen LogP contribution in [0.1, 0.15) is 18.9 Å². The standard InChI is InChI=1S/C12H18N2O2/c1-2-7-14-12(16)9-13-8-10-3-5-11(15)6-4-10/h3-6,13,15H,2,7-9H2,1H3,(H,14,16). The van der Waals surface area contributed by atoms with Gasteiger partial charge in [-0.2, -0.15) is 0 Å². The van der Waals surface area contributed by atoms with E-state index in [1.165, 1.54) is 0 Å². The summed E-state index contributed by atoms with van der Waals surface area (Å²) in [6.07, 6.45) is 0.948. The third kappa shape index (κ3) is 4.79. The Morgan fingerprint density at radius 2 is 2.00 bits per heavy atom. The molecule has 0 aliphatic heterocycles. The highest BCUT2D eigenvalue weighted by Crippen LogP contribution is 2.08. The quantitative estimate of drug-likeness (QED) is 0.673. The molecule has 0 saturated carbocycles. The number of rotatable bonds is 6. The molecule has 1 aromatic rings. The first-order chi connectivity index (χ1) is 7.72. The molecule has 0 aromatic heterocycles.